The molecule has 3 unspecified atom stereocenters. The second-order valence-corrected chi connectivity index (χ2v) is 10.3. The number of imidazole rings is 1. The molecule has 35 heavy (non-hydrogen) atoms. The number of H-pyrrole nitrogens is 1. The number of para-hydroxylation sites is 2. The van der Waals surface area contributed by atoms with Gasteiger partial charge in [-0.05, 0) is 43.2 Å². The van der Waals surface area contributed by atoms with Crippen LogP contribution in [0.3, 0.4) is 0 Å². The van der Waals surface area contributed by atoms with Crippen LogP contribution in [0.2, 0.25) is 0 Å². The summed E-state index contributed by atoms with van der Waals surface area (Å²) in [5.74, 6) is -0.219. The van der Waals surface area contributed by atoms with Crippen LogP contribution in [-0.4, -0.2) is 50.6 Å². The van der Waals surface area contributed by atoms with Crippen LogP contribution < -0.4 is 5.32 Å². The zero-order valence-electron chi connectivity index (χ0n) is 19.8. The van der Waals surface area contributed by atoms with E-state index in [-0.39, 0.29) is 29.6 Å². The number of amides is 3. The first-order chi connectivity index (χ1) is 17.1. The van der Waals surface area contributed by atoms with Gasteiger partial charge in [-0.25, -0.2) is 4.98 Å². The molecule has 0 spiro atoms. The zero-order chi connectivity index (χ0) is 24.4. The highest BCUT2D eigenvalue weighted by Gasteiger charge is 2.51. The fraction of sp³-hybridized carbons (Fsp3) is 0.407. The normalized spacial score (nSPS) is 21.7. The summed E-state index contributed by atoms with van der Waals surface area (Å²) in [5.41, 5.74) is 2.77. The summed E-state index contributed by atoms with van der Waals surface area (Å²) in [4.78, 5) is 49.5. The second-order valence-electron chi connectivity index (χ2n) is 9.41. The molecule has 0 bridgehead atoms. The molecule has 2 N–H and O–H groups in total. The molecule has 2 aromatic carbocycles. The van der Waals surface area contributed by atoms with E-state index in [0.717, 1.165) is 42.3 Å². The van der Waals surface area contributed by atoms with Gasteiger partial charge in [0.1, 0.15) is 11.9 Å². The highest BCUT2D eigenvalue weighted by atomic mass is 32.2. The third-order valence-electron chi connectivity index (χ3n) is 7.15. The zero-order valence-corrected chi connectivity index (χ0v) is 20.6. The van der Waals surface area contributed by atoms with Gasteiger partial charge in [0.25, 0.3) is 0 Å². The molecule has 7 nitrogen and oxygen atoms in total. The number of carbonyl (C=O) groups is 3. The van der Waals surface area contributed by atoms with Crippen molar-refractivity contribution in [2.75, 3.05) is 12.0 Å². The van der Waals surface area contributed by atoms with Crippen LogP contribution in [-0.2, 0) is 20.8 Å². The standard InChI is InChI=1S/C27H30N4O3S/c1-35-16-23(31-26(33)18-11-5-6-12-19(18)27(31)34)25(32)30-22(15-17-9-3-2-4-10-17)24-28-20-13-7-8-14-21(20)29-24/h2-4,7-10,13-14,18-19,22-23H,5-6,11-12,15-16H2,1H3,(H,28,29)(H,30,32)/t18?,19?,22-,23?/m0/s1. The average Bonchev–Trinajstić information content (AvgIpc) is 3.42. The fourth-order valence-corrected chi connectivity index (χ4v) is 6.01. The van der Waals surface area contributed by atoms with Gasteiger partial charge in [0.2, 0.25) is 17.7 Å². The van der Waals surface area contributed by atoms with E-state index in [1.165, 1.54) is 16.7 Å². The van der Waals surface area contributed by atoms with Crippen molar-refractivity contribution < 1.29 is 14.4 Å². The minimum Gasteiger partial charge on any atom is -0.344 e. The molecular formula is C27H30N4O3S. The number of imide groups is 1. The molecule has 1 aromatic heterocycles. The van der Waals surface area contributed by atoms with Crippen molar-refractivity contribution in [3.63, 3.8) is 0 Å². The summed E-state index contributed by atoms with van der Waals surface area (Å²) in [7, 11) is 0. The molecule has 1 saturated carbocycles. The molecular weight excluding hydrogens is 460 g/mol. The largest absolute Gasteiger partial charge is 0.344 e. The summed E-state index contributed by atoms with van der Waals surface area (Å²) in [6.07, 6.45) is 5.80. The molecule has 182 valence electrons. The van der Waals surface area contributed by atoms with Crippen molar-refractivity contribution in [2.24, 2.45) is 11.8 Å². The molecule has 2 aliphatic rings. The summed E-state index contributed by atoms with van der Waals surface area (Å²) in [6, 6.07) is 16.4. The number of benzene rings is 2. The number of hydrogen-bond donors (Lipinski definition) is 2. The van der Waals surface area contributed by atoms with Crippen LogP contribution in [0.15, 0.2) is 54.6 Å². The van der Waals surface area contributed by atoms with E-state index < -0.39 is 12.1 Å². The van der Waals surface area contributed by atoms with Crippen LogP contribution in [0.25, 0.3) is 11.0 Å². The van der Waals surface area contributed by atoms with Gasteiger partial charge in [-0.15, -0.1) is 0 Å². The Morgan fingerprint density at radius 1 is 1.06 bits per heavy atom. The van der Waals surface area contributed by atoms with Crippen molar-refractivity contribution in [2.45, 2.75) is 44.2 Å². The second kappa shape index (κ2) is 10.2. The van der Waals surface area contributed by atoms with E-state index in [2.05, 4.69) is 10.3 Å². The quantitative estimate of drug-likeness (QED) is 0.468. The predicted molar refractivity (Wildman–Crippen MR) is 137 cm³/mol. The maximum Gasteiger partial charge on any atom is 0.244 e. The highest BCUT2D eigenvalue weighted by molar-refractivity contribution is 7.98. The molecule has 0 radical (unpaired) electrons. The number of aromatic nitrogens is 2. The van der Waals surface area contributed by atoms with E-state index >= 15 is 0 Å². The lowest BCUT2D eigenvalue weighted by atomic mass is 9.81. The summed E-state index contributed by atoms with van der Waals surface area (Å²) >= 11 is 1.46. The van der Waals surface area contributed by atoms with Crippen LogP contribution in [0, 0.1) is 11.8 Å². The number of carbonyl (C=O) groups excluding carboxylic acids is 3. The number of aromatic amines is 1. The molecule has 4 atom stereocenters. The molecule has 3 aromatic rings. The molecule has 8 heteroatoms. The van der Waals surface area contributed by atoms with Crippen LogP contribution in [0.5, 0.6) is 0 Å². The van der Waals surface area contributed by atoms with E-state index in [9.17, 15) is 14.4 Å². The van der Waals surface area contributed by atoms with Crippen molar-refractivity contribution in [3.05, 3.63) is 66.0 Å². The lowest BCUT2D eigenvalue weighted by Crippen LogP contribution is -2.52. The van der Waals surface area contributed by atoms with Crippen LogP contribution >= 0.6 is 11.8 Å². The third kappa shape index (κ3) is 4.72. The van der Waals surface area contributed by atoms with Gasteiger partial charge in [0.05, 0.1) is 28.9 Å². The minimum absolute atomic E-state index is 0.183. The summed E-state index contributed by atoms with van der Waals surface area (Å²) < 4.78 is 0. The van der Waals surface area contributed by atoms with E-state index in [4.69, 9.17) is 4.98 Å². The Kier molecular flexibility index (Phi) is 6.90. The van der Waals surface area contributed by atoms with Gasteiger partial charge < -0.3 is 10.3 Å². The Morgan fingerprint density at radius 2 is 1.71 bits per heavy atom. The Bertz CT molecular complexity index is 1170. The summed E-state index contributed by atoms with van der Waals surface area (Å²) in [5, 5.41) is 3.13. The van der Waals surface area contributed by atoms with Crippen molar-refractivity contribution in [3.8, 4) is 0 Å². The molecule has 2 fully saturated rings. The van der Waals surface area contributed by atoms with Gasteiger partial charge in [-0.1, -0.05) is 55.3 Å². The number of rotatable bonds is 8. The maximum absolute atomic E-state index is 13.7. The van der Waals surface area contributed by atoms with Crippen molar-refractivity contribution in [1.82, 2.24) is 20.2 Å². The SMILES string of the molecule is CSCC(C(=O)N[C@@H](Cc1ccccc1)c1nc2ccccc2[nH]1)N1C(=O)C2CCCCC2C1=O. The van der Waals surface area contributed by atoms with E-state index in [1.54, 1.807) is 0 Å². The first-order valence-electron chi connectivity index (χ1n) is 12.2. The van der Waals surface area contributed by atoms with Crippen LogP contribution in [0.4, 0.5) is 0 Å². The monoisotopic (exact) mass is 490 g/mol. The Hall–Kier alpha value is -3.13. The molecule has 1 aliphatic heterocycles. The molecule has 2 heterocycles. The Balaban J connectivity index is 1.43. The smallest absolute Gasteiger partial charge is 0.244 e. The molecule has 1 aliphatic carbocycles. The maximum atomic E-state index is 13.7. The average molecular weight is 491 g/mol. The molecule has 1 saturated heterocycles. The first-order valence-corrected chi connectivity index (χ1v) is 13.6. The number of likely N-dealkylation sites (tertiary alicyclic amines) is 1. The lowest BCUT2D eigenvalue weighted by Gasteiger charge is -2.27. The fourth-order valence-electron chi connectivity index (χ4n) is 5.39. The summed E-state index contributed by atoms with van der Waals surface area (Å²) in [6.45, 7) is 0. The number of nitrogens with one attached hydrogen (secondary N) is 2. The number of nitrogens with zero attached hydrogens (tertiary/aromatic N) is 2. The van der Waals surface area contributed by atoms with Gasteiger partial charge in [-0.3, -0.25) is 19.3 Å². The van der Waals surface area contributed by atoms with Crippen molar-refractivity contribution in [1.29, 1.82) is 0 Å². The van der Waals surface area contributed by atoms with Gasteiger partial charge in [0.15, 0.2) is 0 Å². The minimum atomic E-state index is -0.835. The van der Waals surface area contributed by atoms with E-state index in [0.29, 0.717) is 18.0 Å². The predicted octanol–water partition coefficient (Wildman–Crippen LogP) is 3.87. The number of fused-ring (bicyclic) bond motifs is 2. The topological polar surface area (TPSA) is 95.2 Å². The van der Waals surface area contributed by atoms with E-state index in [1.807, 2.05) is 60.9 Å². The highest BCUT2D eigenvalue weighted by Crippen LogP contribution is 2.39. The Morgan fingerprint density at radius 3 is 2.37 bits per heavy atom. The first kappa shape index (κ1) is 23.6. The Labute approximate surface area is 209 Å². The molecule has 5 rings (SSSR count). The van der Waals surface area contributed by atoms with Gasteiger partial charge in [-0.2, -0.15) is 11.8 Å². The molecule has 3 amide bonds. The van der Waals surface area contributed by atoms with Gasteiger partial charge >= 0.3 is 0 Å². The van der Waals surface area contributed by atoms with Crippen LogP contribution in [0.1, 0.15) is 43.1 Å². The number of hydrogen-bond acceptors (Lipinski definition) is 5. The third-order valence-corrected chi connectivity index (χ3v) is 7.80. The lowest BCUT2D eigenvalue weighted by molar-refractivity contribution is -0.147. The van der Waals surface area contributed by atoms with Crippen molar-refractivity contribution >= 4 is 40.5 Å². The number of thioether (sulfide) groups is 1. The van der Waals surface area contributed by atoms with Gasteiger partial charge in [0, 0.05) is 5.75 Å².